The van der Waals surface area contributed by atoms with Crippen LogP contribution in [0.4, 0.5) is 0 Å². The number of amides is 1. The van der Waals surface area contributed by atoms with Crippen LogP contribution in [0.5, 0.6) is 0 Å². The maximum Gasteiger partial charge on any atom is 0.238 e. The van der Waals surface area contributed by atoms with Gasteiger partial charge in [-0.05, 0) is 34.1 Å². The fourth-order valence-corrected chi connectivity index (χ4v) is 2.16. The van der Waals surface area contributed by atoms with Gasteiger partial charge >= 0.3 is 0 Å². The lowest BCUT2D eigenvalue weighted by Crippen LogP contribution is -2.62. The second-order valence-electron chi connectivity index (χ2n) is 5.72. The van der Waals surface area contributed by atoms with E-state index >= 15 is 0 Å². The molecule has 5 nitrogen and oxygen atoms in total. The van der Waals surface area contributed by atoms with Gasteiger partial charge in [-0.3, -0.25) is 9.69 Å². The summed E-state index contributed by atoms with van der Waals surface area (Å²) < 4.78 is 5.14. The van der Waals surface area contributed by atoms with E-state index in [0.29, 0.717) is 19.2 Å². The van der Waals surface area contributed by atoms with E-state index in [2.05, 4.69) is 24.1 Å². The van der Waals surface area contributed by atoms with Gasteiger partial charge in [-0.25, -0.2) is 0 Å². The van der Waals surface area contributed by atoms with E-state index < -0.39 is 5.54 Å². The highest BCUT2D eigenvalue weighted by Gasteiger charge is 2.34. The summed E-state index contributed by atoms with van der Waals surface area (Å²) in [5.74, 6) is -0.313. The van der Waals surface area contributed by atoms with Crippen LogP contribution >= 0.6 is 0 Å². The first-order chi connectivity index (χ1) is 8.76. The molecule has 0 aliphatic carbocycles. The van der Waals surface area contributed by atoms with Gasteiger partial charge in [-0.2, -0.15) is 0 Å². The topological polar surface area (TPSA) is 67.6 Å². The average Bonchev–Trinajstić information content (AvgIpc) is 2.32. The molecular formula is C14H31N3O2. The molecule has 19 heavy (non-hydrogen) atoms. The number of nitrogens with zero attached hydrogens (tertiary/aromatic N) is 1. The van der Waals surface area contributed by atoms with Gasteiger partial charge in [0.25, 0.3) is 0 Å². The Morgan fingerprint density at radius 2 is 2.00 bits per heavy atom. The maximum absolute atomic E-state index is 11.8. The van der Waals surface area contributed by atoms with Crippen LogP contribution in [0.3, 0.4) is 0 Å². The van der Waals surface area contributed by atoms with Crippen molar-refractivity contribution in [3.05, 3.63) is 0 Å². The Kier molecular flexibility index (Phi) is 8.22. The van der Waals surface area contributed by atoms with Crippen molar-refractivity contribution in [1.29, 1.82) is 0 Å². The highest BCUT2D eigenvalue weighted by atomic mass is 16.5. The number of nitrogens with two attached hydrogens (primary N) is 1. The Morgan fingerprint density at radius 1 is 1.42 bits per heavy atom. The number of primary amides is 1. The first-order valence-electron chi connectivity index (χ1n) is 7.07. The molecule has 2 atom stereocenters. The summed E-state index contributed by atoms with van der Waals surface area (Å²) in [5, 5.41) is 3.28. The summed E-state index contributed by atoms with van der Waals surface area (Å²) in [5.41, 5.74) is 4.86. The average molecular weight is 273 g/mol. The SMILES string of the molecule is CCC(C)N(CCOC)CC(C)(NC(C)C)C(N)=O. The summed E-state index contributed by atoms with van der Waals surface area (Å²) in [6, 6.07) is 0.599. The molecule has 0 radical (unpaired) electrons. The monoisotopic (exact) mass is 273 g/mol. The fraction of sp³-hybridized carbons (Fsp3) is 0.929. The number of hydrogen-bond donors (Lipinski definition) is 2. The number of nitrogens with one attached hydrogen (secondary N) is 1. The van der Waals surface area contributed by atoms with Crippen molar-refractivity contribution in [3.63, 3.8) is 0 Å². The first-order valence-corrected chi connectivity index (χ1v) is 7.07. The van der Waals surface area contributed by atoms with Crippen LogP contribution in [0, 0.1) is 0 Å². The minimum absolute atomic E-state index is 0.207. The maximum atomic E-state index is 11.8. The van der Waals surface area contributed by atoms with Gasteiger partial charge in [-0.1, -0.05) is 6.92 Å². The molecular weight excluding hydrogens is 242 g/mol. The largest absolute Gasteiger partial charge is 0.383 e. The van der Waals surface area contributed by atoms with E-state index in [0.717, 1.165) is 13.0 Å². The van der Waals surface area contributed by atoms with Crippen molar-refractivity contribution in [3.8, 4) is 0 Å². The Morgan fingerprint density at radius 3 is 2.37 bits per heavy atom. The second kappa shape index (κ2) is 8.51. The minimum atomic E-state index is -0.717. The minimum Gasteiger partial charge on any atom is -0.383 e. The number of ether oxygens (including phenoxy) is 1. The molecule has 0 aromatic carbocycles. The lowest BCUT2D eigenvalue weighted by Gasteiger charge is -2.38. The third-order valence-electron chi connectivity index (χ3n) is 3.47. The third kappa shape index (κ3) is 6.36. The molecule has 5 heteroatoms. The summed E-state index contributed by atoms with van der Waals surface area (Å²) in [6.45, 7) is 12.3. The molecule has 0 spiro atoms. The Balaban J connectivity index is 4.86. The summed E-state index contributed by atoms with van der Waals surface area (Å²) >= 11 is 0. The summed E-state index contributed by atoms with van der Waals surface area (Å²) in [4.78, 5) is 14.0. The van der Waals surface area contributed by atoms with Gasteiger partial charge in [0.05, 0.1) is 6.61 Å². The van der Waals surface area contributed by atoms with E-state index in [1.807, 2.05) is 20.8 Å². The number of hydrogen-bond acceptors (Lipinski definition) is 4. The number of methoxy groups -OCH3 is 1. The van der Waals surface area contributed by atoms with Gasteiger partial charge < -0.3 is 15.8 Å². The predicted octanol–water partition coefficient (Wildman–Crippen LogP) is 0.975. The van der Waals surface area contributed by atoms with E-state index in [9.17, 15) is 4.79 Å². The van der Waals surface area contributed by atoms with Crippen molar-refractivity contribution in [2.75, 3.05) is 26.8 Å². The second-order valence-corrected chi connectivity index (χ2v) is 5.72. The summed E-state index contributed by atoms with van der Waals surface area (Å²) in [7, 11) is 1.69. The molecule has 0 aliphatic rings. The molecule has 2 unspecified atom stereocenters. The summed E-state index contributed by atoms with van der Waals surface area (Å²) in [6.07, 6.45) is 1.03. The van der Waals surface area contributed by atoms with Gasteiger partial charge in [0, 0.05) is 32.3 Å². The van der Waals surface area contributed by atoms with Crippen molar-refractivity contribution < 1.29 is 9.53 Å². The first kappa shape index (κ1) is 18.4. The van der Waals surface area contributed by atoms with Crippen LogP contribution in [0.15, 0.2) is 0 Å². The standard InChI is InChI=1S/C14H31N3O2/c1-7-12(4)17(8-9-19-6)10-14(5,13(15)18)16-11(2)3/h11-12,16H,7-10H2,1-6H3,(H2,15,18). The van der Waals surface area contributed by atoms with Crippen LogP contribution in [0.25, 0.3) is 0 Å². The lowest BCUT2D eigenvalue weighted by atomic mass is 9.98. The predicted molar refractivity (Wildman–Crippen MR) is 79.1 cm³/mol. The fourth-order valence-electron chi connectivity index (χ4n) is 2.16. The zero-order valence-electron chi connectivity index (χ0n) is 13.3. The smallest absolute Gasteiger partial charge is 0.238 e. The molecule has 1 amide bonds. The quantitative estimate of drug-likeness (QED) is 0.622. The Hall–Kier alpha value is -0.650. The molecule has 0 aliphatic heterocycles. The molecule has 0 saturated carbocycles. The van der Waals surface area contributed by atoms with E-state index in [4.69, 9.17) is 10.5 Å². The molecule has 0 fully saturated rings. The molecule has 0 aromatic heterocycles. The van der Waals surface area contributed by atoms with Gasteiger partial charge in [0.2, 0.25) is 5.91 Å². The highest BCUT2D eigenvalue weighted by Crippen LogP contribution is 2.12. The number of carbonyl (C=O) groups is 1. The zero-order valence-corrected chi connectivity index (χ0v) is 13.3. The zero-order chi connectivity index (χ0) is 15.1. The van der Waals surface area contributed by atoms with Gasteiger partial charge in [0.1, 0.15) is 5.54 Å². The molecule has 0 bridgehead atoms. The van der Waals surface area contributed by atoms with E-state index in [1.54, 1.807) is 7.11 Å². The molecule has 0 rings (SSSR count). The van der Waals surface area contributed by atoms with Crippen LogP contribution in [0.2, 0.25) is 0 Å². The molecule has 114 valence electrons. The van der Waals surface area contributed by atoms with Crippen LogP contribution in [0.1, 0.15) is 41.0 Å². The van der Waals surface area contributed by atoms with Crippen LogP contribution < -0.4 is 11.1 Å². The van der Waals surface area contributed by atoms with Crippen molar-refractivity contribution >= 4 is 5.91 Å². The number of carbonyl (C=O) groups excluding carboxylic acids is 1. The normalized spacial score (nSPS) is 16.6. The van der Waals surface area contributed by atoms with Crippen LogP contribution in [-0.2, 0) is 9.53 Å². The van der Waals surface area contributed by atoms with Crippen molar-refractivity contribution in [2.24, 2.45) is 5.73 Å². The van der Waals surface area contributed by atoms with Crippen LogP contribution in [-0.4, -0.2) is 55.2 Å². The van der Waals surface area contributed by atoms with Crippen molar-refractivity contribution in [2.45, 2.75) is 58.7 Å². The molecule has 0 saturated heterocycles. The third-order valence-corrected chi connectivity index (χ3v) is 3.47. The van der Waals surface area contributed by atoms with Gasteiger partial charge in [0.15, 0.2) is 0 Å². The molecule has 0 heterocycles. The lowest BCUT2D eigenvalue weighted by molar-refractivity contribution is -0.125. The Labute approximate surface area is 117 Å². The van der Waals surface area contributed by atoms with Gasteiger partial charge in [-0.15, -0.1) is 0 Å². The highest BCUT2D eigenvalue weighted by molar-refractivity contribution is 5.84. The van der Waals surface area contributed by atoms with Crippen molar-refractivity contribution in [1.82, 2.24) is 10.2 Å². The molecule has 0 aromatic rings. The van der Waals surface area contributed by atoms with E-state index in [-0.39, 0.29) is 11.9 Å². The Bertz CT molecular complexity index is 271. The van der Waals surface area contributed by atoms with E-state index in [1.165, 1.54) is 0 Å². The molecule has 3 N–H and O–H groups in total. The number of rotatable bonds is 10.